The van der Waals surface area contributed by atoms with Gasteiger partial charge in [-0.05, 0) is 57.8 Å². The molecule has 1 saturated heterocycles. The van der Waals surface area contributed by atoms with Gasteiger partial charge < -0.3 is 14.0 Å². The smallest absolute Gasteiger partial charge is 0.399 e. The summed E-state index contributed by atoms with van der Waals surface area (Å²) in [7, 11) is -1.49. The first-order valence-electron chi connectivity index (χ1n) is 6.68. The number of hydrogen-bond donors (Lipinski definition) is 1. The van der Waals surface area contributed by atoms with Crippen LogP contribution in [0.5, 0.6) is 0 Å². The fourth-order valence-corrected chi connectivity index (χ4v) is 2.60. The van der Waals surface area contributed by atoms with Crippen LogP contribution in [0, 0.1) is 6.92 Å². The second kappa shape index (κ2) is 5.17. The third-order valence-electron chi connectivity index (χ3n) is 3.89. The predicted molar refractivity (Wildman–Crippen MR) is 84.6 cm³/mol. The number of aryl methyl sites for hydroxylation is 1. The highest BCUT2D eigenvalue weighted by Crippen LogP contribution is 2.36. The zero-order valence-corrected chi connectivity index (χ0v) is 13.8. The maximum absolute atomic E-state index is 11.3. The first-order chi connectivity index (χ1) is 9.10. The molecule has 1 aliphatic heterocycles. The Labute approximate surface area is 124 Å². The number of nitrogens with one attached hydrogen (secondary N) is 1. The molecule has 1 aromatic rings. The molecule has 1 aliphatic rings. The molecule has 2 rings (SSSR count). The Balaban J connectivity index is 2.30. The second-order valence-electron chi connectivity index (χ2n) is 6.28. The van der Waals surface area contributed by atoms with Gasteiger partial charge in [-0.1, -0.05) is 6.07 Å². The van der Waals surface area contributed by atoms with Crippen LogP contribution in [0.25, 0.3) is 0 Å². The number of hydrogen-bond acceptors (Lipinski definition) is 3. The molecule has 0 amide bonds. The molecule has 6 heteroatoms. The maximum Gasteiger partial charge on any atom is 0.494 e. The van der Waals surface area contributed by atoms with Crippen LogP contribution in [0.3, 0.4) is 0 Å². The average molecular weight is 295 g/mol. The zero-order chi connectivity index (χ0) is 15.1. The van der Waals surface area contributed by atoms with E-state index in [1.54, 1.807) is 6.26 Å². The molecule has 20 heavy (non-hydrogen) atoms. The van der Waals surface area contributed by atoms with E-state index in [1.165, 1.54) is 0 Å². The van der Waals surface area contributed by atoms with Crippen molar-refractivity contribution in [3.63, 3.8) is 0 Å². The summed E-state index contributed by atoms with van der Waals surface area (Å²) in [5.41, 5.74) is 2.11. The minimum absolute atomic E-state index is 0.359. The normalized spacial score (nSPS) is 21.8. The molecular weight excluding hydrogens is 273 g/mol. The average Bonchev–Trinajstić information content (AvgIpc) is 2.46. The third-order valence-corrected chi connectivity index (χ3v) is 4.41. The van der Waals surface area contributed by atoms with E-state index in [9.17, 15) is 4.21 Å². The lowest BCUT2D eigenvalue weighted by molar-refractivity contribution is 0.00578. The highest BCUT2D eigenvalue weighted by molar-refractivity contribution is 7.85. The van der Waals surface area contributed by atoms with E-state index in [0.717, 1.165) is 16.7 Å². The van der Waals surface area contributed by atoms with Gasteiger partial charge in [-0.2, -0.15) is 0 Å². The number of rotatable bonds is 3. The topological polar surface area (TPSA) is 47.6 Å². The largest absolute Gasteiger partial charge is 0.494 e. The van der Waals surface area contributed by atoms with Crippen LogP contribution in [0.2, 0.25) is 0 Å². The van der Waals surface area contributed by atoms with Crippen LogP contribution in [0.1, 0.15) is 33.3 Å². The molecule has 110 valence electrons. The van der Waals surface area contributed by atoms with Gasteiger partial charge in [0.05, 0.1) is 11.2 Å². The molecule has 0 saturated carbocycles. The SMILES string of the molecule is Cc1cc(NS(C)=O)cc(B2OC(C)(C)C(C)(C)O2)c1. The van der Waals surface area contributed by atoms with Gasteiger partial charge in [0.2, 0.25) is 0 Å². The van der Waals surface area contributed by atoms with E-state index in [2.05, 4.69) is 4.72 Å². The minimum Gasteiger partial charge on any atom is -0.399 e. The number of anilines is 1. The Morgan fingerprint density at radius 2 is 1.65 bits per heavy atom. The molecule has 0 aromatic heterocycles. The van der Waals surface area contributed by atoms with Crippen LogP contribution in [-0.2, 0) is 20.3 Å². The van der Waals surface area contributed by atoms with Crippen molar-refractivity contribution in [2.24, 2.45) is 0 Å². The molecule has 4 nitrogen and oxygen atoms in total. The quantitative estimate of drug-likeness (QED) is 0.868. The van der Waals surface area contributed by atoms with Gasteiger partial charge in [0, 0.05) is 11.9 Å². The summed E-state index contributed by atoms with van der Waals surface area (Å²) in [6, 6.07) is 5.92. The summed E-state index contributed by atoms with van der Waals surface area (Å²) in [5.74, 6) is 0. The van der Waals surface area contributed by atoms with Crippen LogP contribution in [0.15, 0.2) is 18.2 Å². The van der Waals surface area contributed by atoms with E-state index < -0.39 is 18.1 Å². The zero-order valence-electron chi connectivity index (χ0n) is 12.9. The Hall–Kier alpha value is -0.845. The van der Waals surface area contributed by atoms with Crippen molar-refractivity contribution in [3.8, 4) is 0 Å². The summed E-state index contributed by atoms with van der Waals surface area (Å²) in [6.07, 6.45) is 1.61. The molecule has 1 fully saturated rings. The highest BCUT2D eigenvalue weighted by Gasteiger charge is 2.51. The molecule has 1 aromatic carbocycles. The van der Waals surface area contributed by atoms with E-state index in [1.807, 2.05) is 52.8 Å². The van der Waals surface area contributed by atoms with E-state index in [0.29, 0.717) is 0 Å². The third kappa shape index (κ3) is 3.08. The Bertz CT molecular complexity index is 529. The van der Waals surface area contributed by atoms with Gasteiger partial charge in [0.15, 0.2) is 0 Å². The first kappa shape index (κ1) is 15.5. The molecule has 1 unspecified atom stereocenters. The van der Waals surface area contributed by atoms with E-state index >= 15 is 0 Å². The number of benzene rings is 1. The molecule has 0 aliphatic carbocycles. The molecule has 1 atom stereocenters. The fraction of sp³-hybridized carbons (Fsp3) is 0.571. The van der Waals surface area contributed by atoms with Crippen molar-refractivity contribution in [1.29, 1.82) is 0 Å². The first-order valence-corrected chi connectivity index (χ1v) is 8.24. The van der Waals surface area contributed by atoms with Crippen LogP contribution < -0.4 is 10.2 Å². The highest BCUT2D eigenvalue weighted by atomic mass is 32.2. The van der Waals surface area contributed by atoms with Crippen LogP contribution in [0.4, 0.5) is 5.69 Å². The fourth-order valence-electron chi connectivity index (χ4n) is 2.15. The second-order valence-corrected chi connectivity index (χ2v) is 7.39. The van der Waals surface area contributed by atoms with Crippen molar-refractivity contribution in [2.45, 2.75) is 45.8 Å². The maximum atomic E-state index is 11.3. The van der Waals surface area contributed by atoms with Gasteiger partial charge in [-0.15, -0.1) is 0 Å². The Kier molecular flexibility index (Phi) is 4.02. The molecule has 0 spiro atoms. The van der Waals surface area contributed by atoms with Gasteiger partial charge in [0.25, 0.3) is 0 Å². The summed E-state index contributed by atoms with van der Waals surface area (Å²) in [4.78, 5) is 0. The van der Waals surface area contributed by atoms with Gasteiger partial charge in [-0.25, -0.2) is 4.21 Å². The van der Waals surface area contributed by atoms with E-state index in [-0.39, 0.29) is 11.2 Å². The summed E-state index contributed by atoms with van der Waals surface area (Å²) in [5, 5.41) is 0. The monoisotopic (exact) mass is 295 g/mol. The molecule has 1 heterocycles. The van der Waals surface area contributed by atoms with Gasteiger partial charge in [0.1, 0.15) is 11.0 Å². The Morgan fingerprint density at radius 3 is 2.15 bits per heavy atom. The summed E-state index contributed by atoms with van der Waals surface area (Å²) >= 11 is 0. The summed E-state index contributed by atoms with van der Waals surface area (Å²) < 4.78 is 26.3. The molecule has 0 bridgehead atoms. The lowest BCUT2D eigenvalue weighted by Crippen LogP contribution is -2.41. The van der Waals surface area contributed by atoms with Crippen molar-refractivity contribution >= 4 is 29.3 Å². The van der Waals surface area contributed by atoms with Crippen molar-refractivity contribution < 1.29 is 13.5 Å². The van der Waals surface area contributed by atoms with Gasteiger partial charge >= 0.3 is 7.12 Å². The van der Waals surface area contributed by atoms with E-state index in [4.69, 9.17) is 9.31 Å². The van der Waals surface area contributed by atoms with Crippen LogP contribution >= 0.6 is 0 Å². The van der Waals surface area contributed by atoms with Crippen LogP contribution in [-0.4, -0.2) is 28.8 Å². The molecule has 0 radical (unpaired) electrons. The standard InChI is InChI=1S/C14H22BNO3S/c1-10-7-11(9-12(8-10)16-20(6)17)15-18-13(2,3)14(4,5)19-15/h7-9,16H,1-6H3. The predicted octanol–water partition coefficient (Wildman–Crippen LogP) is 2.00. The van der Waals surface area contributed by atoms with Crippen molar-refractivity contribution in [1.82, 2.24) is 0 Å². The molecule has 1 N–H and O–H groups in total. The van der Waals surface area contributed by atoms with Crippen molar-refractivity contribution in [3.05, 3.63) is 23.8 Å². The lowest BCUT2D eigenvalue weighted by Gasteiger charge is -2.32. The van der Waals surface area contributed by atoms with Gasteiger partial charge in [-0.3, -0.25) is 0 Å². The summed E-state index contributed by atoms with van der Waals surface area (Å²) in [6.45, 7) is 10.1. The minimum atomic E-state index is -1.10. The molecular formula is C14H22BNO3S. The Morgan fingerprint density at radius 1 is 1.10 bits per heavy atom. The lowest BCUT2D eigenvalue weighted by atomic mass is 9.78. The van der Waals surface area contributed by atoms with Crippen molar-refractivity contribution in [2.75, 3.05) is 11.0 Å².